The Hall–Kier alpha value is -2.69. The van der Waals surface area contributed by atoms with Crippen LogP contribution in [0.1, 0.15) is 45.5 Å². The standard InChI is InChI=1S/C26H23ClN2OS/c1-17-11-14-22(27)24-23(17)28-26(31-24)29(16-18-7-3-2-4-8-18)25(30)21-13-12-19-9-5-6-10-20(19)15-21/h2-4,7-8,11-15H,5-6,9-10,16H2,1H3. The van der Waals surface area contributed by atoms with Crippen LogP contribution in [0.5, 0.6) is 0 Å². The van der Waals surface area contributed by atoms with E-state index in [0.717, 1.165) is 39.7 Å². The zero-order valence-corrected chi connectivity index (χ0v) is 19.0. The summed E-state index contributed by atoms with van der Waals surface area (Å²) in [6.07, 6.45) is 4.57. The molecule has 1 aliphatic carbocycles. The Labute approximate surface area is 191 Å². The molecule has 0 unspecified atom stereocenters. The fraction of sp³-hybridized carbons (Fsp3) is 0.231. The van der Waals surface area contributed by atoms with Crippen LogP contribution in [0, 0.1) is 6.92 Å². The quantitative estimate of drug-likeness (QED) is 0.338. The van der Waals surface area contributed by atoms with Crippen molar-refractivity contribution < 1.29 is 4.79 Å². The van der Waals surface area contributed by atoms with E-state index in [1.54, 1.807) is 4.90 Å². The third-order valence-corrected chi connectivity index (χ3v) is 7.48. The molecule has 0 atom stereocenters. The van der Waals surface area contributed by atoms with Crippen LogP contribution in [0.25, 0.3) is 10.2 Å². The molecule has 4 aromatic rings. The summed E-state index contributed by atoms with van der Waals surface area (Å²) in [5.74, 6) is -0.0231. The van der Waals surface area contributed by atoms with Gasteiger partial charge in [0, 0.05) is 5.56 Å². The lowest BCUT2D eigenvalue weighted by molar-refractivity contribution is 0.0985. The van der Waals surface area contributed by atoms with Crippen molar-refractivity contribution in [2.45, 2.75) is 39.2 Å². The normalized spacial score (nSPS) is 13.2. The number of rotatable bonds is 4. The number of amides is 1. The number of anilines is 1. The SMILES string of the molecule is Cc1ccc(Cl)c2sc(N(Cc3ccccc3)C(=O)c3ccc4c(c3)CCCC4)nc12. The molecule has 0 saturated carbocycles. The molecule has 0 spiro atoms. The number of carbonyl (C=O) groups excluding carboxylic acids is 1. The van der Waals surface area contributed by atoms with Gasteiger partial charge in [0.2, 0.25) is 0 Å². The largest absolute Gasteiger partial charge is 0.279 e. The molecular weight excluding hydrogens is 424 g/mol. The summed E-state index contributed by atoms with van der Waals surface area (Å²) in [5, 5.41) is 1.35. The van der Waals surface area contributed by atoms with Crippen LogP contribution in [-0.2, 0) is 19.4 Å². The molecular formula is C26H23ClN2OS. The molecule has 5 heteroatoms. The third kappa shape index (κ3) is 3.98. The highest BCUT2D eigenvalue weighted by Crippen LogP contribution is 2.37. The zero-order valence-electron chi connectivity index (χ0n) is 17.4. The highest BCUT2D eigenvalue weighted by atomic mass is 35.5. The van der Waals surface area contributed by atoms with Crippen LogP contribution in [-0.4, -0.2) is 10.9 Å². The van der Waals surface area contributed by atoms with E-state index in [2.05, 4.69) is 12.1 Å². The molecule has 0 bridgehead atoms. The molecule has 0 aliphatic heterocycles. The van der Waals surface area contributed by atoms with E-state index < -0.39 is 0 Å². The number of benzene rings is 3. The van der Waals surface area contributed by atoms with Crippen LogP contribution in [0.15, 0.2) is 60.7 Å². The van der Waals surface area contributed by atoms with Gasteiger partial charge in [-0.1, -0.05) is 65.4 Å². The number of nitrogens with zero attached hydrogens (tertiary/aromatic N) is 2. The van der Waals surface area contributed by atoms with Gasteiger partial charge in [0.1, 0.15) is 0 Å². The van der Waals surface area contributed by atoms with Crippen molar-refractivity contribution in [3.05, 3.63) is 93.5 Å². The first-order valence-electron chi connectivity index (χ1n) is 10.6. The minimum absolute atomic E-state index is 0.0231. The van der Waals surface area contributed by atoms with Gasteiger partial charge in [-0.25, -0.2) is 4.98 Å². The summed E-state index contributed by atoms with van der Waals surface area (Å²) in [4.78, 5) is 20.4. The number of aryl methyl sites for hydroxylation is 3. The van der Waals surface area contributed by atoms with Crippen molar-refractivity contribution >= 4 is 44.2 Å². The highest BCUT2D eigenvalue weighted by Gasteiger charge is 2.24. The Morgan fingerprint density at radius 2 is 1.81 bits per heavy atom. The van der Waals surface area contributed by atoms with Crippen LogP contribution < -0.4 is 4.90 Å². The van der Waals surface area contributed by atoms with E-state index in [4.69, 9.17) is 16.6 Å². The maximum atomic E-state index is 13.7. The van der Waals surface area contributed by atoms with Crippen molar-refractivity contribution in [3.8, 4) is 0 Å². The Morgan fingerprint density at radius 1 is 1.03 bits per heavy atom. The molecule has 0 fully saturated rings. The number of fused-ring (bicyclic) bond motifs is 2. The fourth-order valence-electron chi connectivity index (χ4n) is 4.22. The minimum Gasteiger partial charge on any atom is -0.279 e. The van der Waals surface area contributed by atoms with Gasteiger partial charge in [0.05, 0.1) is 21.8 Å². The Balaban J connectivity index is 1.58. The van der Waals surface area contributed by atoms with Crippen molar-refractivity contribution in [3.63, 3.8) is 0 Å². The molecule has 0 radical (unpaired) electrons. The summed E-state index contributed by atoms with van der Waals surface area (Å²) in [6, 6.07) is 20.1. The first kappa shape index (κ1) is 20.2. The topological polar surface area (TPSA) is 33.2 Å². The smallest absolute Gasteiger partial charge is 0.260 e. The number of halogens is 1. The summed E-state index contributed by atoms with van der Waals surface area (Å²) in [7, 11) is 0. The van der Waals surface area contributed by atoms with Gasteiger partial charge in [0.25, 0.3) is 5.91 Å². The number of carbonyl (C=O) groups is 1. The molecule has 3 aromatic carbocycles. The van der Waals surface area contributed by atoms with E-state index in [9.17, 15) is 4.79 Å². The second kappa shape index (κ2) is 8.45. The van der Waals surface area contributed by atoms with Gasteiger partial charge in [-0.3, -0.25) is 9.69 Å². The lowest BCUT2D eigenvalue weighted by atomic mass is 9.90. The monoisotopic (exact) mass is 446 g/mol. The van der Waals surface area contributed by atoms with Gasteiger partial charge >= 0.3 is 0 Å². The van der Waals surface area contributed by atoms with Gasteiger partial charge in [-0.05, 0) is 73.1 Å². The van der Waals surface area contributed by atoms with Crippen LogP contribution in [0.4, 0.5) is 5.13 Å². The first-order valence-corrected chi connectivity index (χ1v) is 11.8. The molecule has 5 rings (SSSR count). The third-order valence-electron chi connectivity index (χ3n) is 5.94. The molecule has 156 valence electrons. The van der Waals surface area contributed by atoms with Gasteiger partial charge in [0.15, 0.2) is 5.13 Å². The summed E-state index contributed by atoms with van der Waals surface area (Å²) in [5.41, 5.74) is 6.39. The van der Waals surface area contributed by atoms with E-state index in [1.165, 1.54) is 35.3 Å². The predicted octanol–water partition coefficient (Wildman–Crippen LogP) is 6.98. The predicted molar refractivity (Wildman–Crippen MR) is 129 cm³/mol. The van der Waals surface area contributed by atoms with E-state index in [0.29, 0.717) is 16.7 Å². The van der Waals surface area contributed by atoms with E-state index in [-0.39, 0.29) is 5.91 Å². The lowest BCUT2D eigenvalue weighted by Gasteiger charge is -2.22. The van der Waals surface area contributed by atoms with Crippen molar-refractivity contribution in [1.29, 1.82) is 0 Å². The van der Waals surface area contributed by atoms with Crippen molar-refractivity contribution in [2.75, 3.05) is 4.90 Å². The zero-order chi connectivity index (χ0) is 21.4. The summed E-state index contributed by atoms with van der Waals surface area (Å²) >= 11 is 7.93. The second-order valence-electron chi connectivity index (χ2n) is 8.11. The molecule has 31 heavy (non-hydrogen) atoms. The van der Waals surface area contributed by atoms with Gasteiger partial charge in [-0.2, -0.15) is 0 Å². The summed E-state index contributed by atoms with van der Waals surface area (Å²) < 4.78 is 0.924. The molecule has 1 heterocycles. The van der Waals surface area contributed by atoms with Crippen LogP contribution >= 0.6 is 22.9 Å². The second-order valence-corrected chi connectivity index (χ2v) is 9.49. The molecule has 1 aromatic heterocycles. The number of thiazole rings is 1. The molecule has 1 aliphatic rings. The maximum absolute atomic E-state index is 13.7. The molecule has 0 N–H and O–H groups in total. The van der Waals surface area contributed by atoms with Gasteiger partial charge < -0.3 is 0 Å². The number of hydrogen-bond acceptors (Lipinski definition) is 3. The van der Waals surface area contributed by atoms with Gasteiger partial charge in [-0.15, -0.1) is 0 Å². The van der Waals surface area contributed by atoms with Crippen molar-refractivity contribution in [1.82, 2.24) is 4.98 Å². The van der Waals surface area contributed by atoms with Crippen LogP contribution in [0.2, 0.25) is 5.02 Å². The fourth-order valence-corrected chi connectivity index (χ4v) is 5.54. The number of hydrogen-bond donors (Lipinski definition) is 0. The number of aromatic nitrogens is 1. The molecule has 3 nitrogen and oxygen atoms in total. The van der Waals surface area contributed by atoms with Crippen molar-refractivity contribution in [2.24, 2.45) is 0 Å². The Morgan fingerprint density at radius 3 is 2.58 bits per heavy atom. The summed E-state index contributed by atoms with van der Waals surface area (Å²) in [6.45, 7) is 2.49. The molecule has 1 amide bonds. The maximum Gasteiger partial charge on any atom is 0.260 e. The minimum atomic E-state index is -0.0231. The average Bonchev–Trinajstić information content (AvgIpc) is 3.26. The Kier molecular flexibility index (Phi) is 5.51. The highest BCUT2D eigenvalue weighted by molar-refractivity contribution is 7.23. The first-order chi connectivity index (χ1) is 15.1. The lowest BCUT2D eigenvalue weighted by Crippen LogP contribution is -2.30. The Bertz CT molecular complexity index is 1230. The van der Waals surface area contributed by atoms with E-state index >= 15 is 0 Å². The van der Waals surface area contributed by atoms with Crippen LogP contribution in [0.3, 0.4) is 0 Å². The van der Waals surface area contributed by atoms with E-state index in [1.807, 2.05) is 55.5 Å². The average molecular weight is 447 g/mol. The molecule has 0 saturated heterocycles.